The Kier molecular flexibility index (Phi) is 1.87. The van der Waals surface area contributed by atoms with Crippen LogP contribution in [0.2, 0.25) is 0 Å². The zero-order valence-electron chi connectivity index (χ0n) is 6.71. The Morgan fingerprint density at radius 2 is 2.18 bits per heavy atom. The van der Waals surface area contributed by atoms with Gasteiger partial charge in [-0.1, -0.05) is 18.8 Å². The molecule has 2 rings (SSSR count). The fourth-order valence-corrected chi connectivity index (χ4v) is 1.89. The summed E-state index contributed by atoms with van der Waals surface area (Å²) in [5.74, 6) is 7.29. The fourth-order valence-electron chi connectivity index (χ4n) is 1.89. The number of aliphatic hydroxyl groups is 1. The summed E-state index contributed by atoms with van der Waals surface area (Å²) in [4.78, 5) is 0. The standard InChI is InChI=1S/C10H14O/c11-10-6-4-2-1-3-5-8-7-9(8)10/h8-11H,1-3,5,7H2. The predicted octanol–water partition coefficient (Wildman–Crippen LogP) is 1.56. The van der Waals surface area contributed by atoms with Crippen LogP contribution in [0.25, 0.3) is 0 Å². The molecule has 0 saturated heterocycles. The second-order valence-corrected chi connectivity index (χ2v) is 3.67. The summed E-state index contributed by atoms with van der Waals surface area (Å²) in [7, 11) is 0. The highest BCUT2D eigenvalue weighted by atomic mass is 16.3. The summed E-state index contributed by atoms with van der Waals surface area (Å²) in [6.45, 7) is 0. The molecule has 0 spiro atoms. The van der Waals surface area contributed by atoms with E-state index in [1.165, 1.54) is 25.7 Å². The van der Waals surface area contributed by atoms with Gasteiger partial charge in [-0.25, -0.2) is 0 Å². The lowest BCUT2D eigenvalue weighted by atomic mass is 10.1. The van der Waals surface area contributed by atoms with Crippen LogP contribution in [0, 0.1) is 23.7 Å². The third-order valence-corrected chi connectivity index (χ3v) is 2.76. The molecule has 1 saturated carbocycles. The minimum Gasteiger partial charge on any atom is -0.380 e. The van der Waals surface area contributed by atoms with Crippen LogP contribution in [0.4, 0.5) is 0 Å². The molecule has 1 nitrogen and oxygen atoms in total. The molecule has 0 radical (unpaired) electrons. The van der Waals surface area contributed by atoms with E-state index in [1.807, 2.05) is 0 Å². The van der Waals surface area contributed by atoms with Crippen molar-refractivity contribution in [2.24, 2.45) is 11.8 Å². The summed E-state index contributed by atoms with van der Waals surface area (Å²) in [6, 6.07) is 0. The zero-order chi connectivity index (χ0) is 7.68. The van der Waals surface area contributed by atoms with Gasteiger partial charge in [0.1, 0.15) is 6.10 Å². The van der Waals surface area contributed by atoms with Crippen molar-refractivity contribution in [2.75, 3.05) is 0 Å². The number of aliphatic hydroxyl groups excluding tert-OH is 1. The van der Waals surface area contributed by atoms with Crippen LogP contribution in [-0.4, -0.2) is 11.2 Å². The van der Waals surface area contributed by atoms with Crippen molar-refractivity contribution in [1.82, 2.24) is 0 Å². The lowest BCUT2D eigenvalue weighted by Gasteiger charge is -1.99. The van der Waals surface area contributed by atoms with Crippen LogP contribution in [0.1, 0.15) is 32.1 Å². The molecule has 0 aromatic rings. The van der Waals surface area contributed by atoms with E-state index >= 15 is 0 Å². The van der Waals surface area contributed by atoms with E-state index < -0.39 is 0 Å². The van der Waals surface area contributed by atoms with Crippen LogP contribution < -0.4 is 0 Å². The molecule has 0 aromatic heterocycles. The highest BCUT2D eigenvalue weighted by Gasteiger charge is 2.41. The van der Waals surface area contributed by atoms with E-state index in [4.69, 9.17) is 0 Å². The number of fused-ring (bicyclic) bond motifs is 1. The summed E-state index contributed by atoms with van der Waals surface area (Å²) < 4.78 is 0. The normalized spacial score (nSPS) is 42.1. The molecule has 3 atom stereocenters. The van der Waals surface area contributed by atoms with E-state index in [0.717, 1.165) is 12.3 Å². The Labute approximate surface area is 67.8 Å². The summed E-state index contributed by atoms with van der Waals surface area (Å²) in [5, 5.41) is 9.48. The Morgan fingerprint density at radius 3 is 3.09 bits per heavy atom. The summed E-state index contributed by atoms with van der Waals surface area (Å²) in [5.41, 5.74) is 0. The quantitative estimate of drug-likeness (QED) is 0.519. The molecule has 1 heteroatoms. The Balaban J connectivity index is 1.99. The Morgan fingerprint density at radius 1 is 1.27 bits per heavy atom. The van der Waals surface area contributed by atoms with Crippen LogP contribution in [0.3, 0.4) is 0 Å². The van der Waals surface area contributed by atoms with Gasteiger partial charge in [0.05, 0.1) is 0 Å². The zero-order valence-corrected chi connectivity index (χ0v) is 6.71. The molecular weight excluding hydrogens is 136 g/mol. The molecule has 2 aliphatic carbocycles. The molecule has 2 aliphatic rings. The first-order chi connectivity index (χ1) is 5.38. The monoisotopic (exact) mass is 150 g/mol. The predicted molar refractivity (Wildman–Crippen MR) is 43.8 cm³/mol. The molecule has 0 amide bonds. The molecule has 0 heterocycles. The van der Waals surface area contributed by atoms with Gasteiger partial charge in [0.25, 0.3) is 0 Å². The molecular formula is C10H14O. The Hall–Kier alpha value is -0.480. The van der Waals surface area contributed by atoms with Crippen molar-refractivity contribution in [1.29, 1.82) is 0 Å². The van der Waals surface area contributed by atoms with Gasteiger partial charge in [-0.2, -0.15) is 0 Å². The van der Waals surface area contributed by atoms with Crippen LogP contribution in [0.5, 0.6) is 0 Å². The highest BCUT2D eigenvalue weighted by molar-refractivity contribution is 5.11. The topological polar surface area (TPSA) is 20.2 Å². The van der Waals surface area contributed by atoms with Crippen LogP contribution >= 0.6 is 0 Å². The van der Waals surface area contributed by atoms with Crippen LogP contribution in [-0.2, 0) is 0 Å². The summed E-state index contributed by atoms with van der Waals surface area (Å²) in [6.07, 6.45) is 5.74. The van der Waals surface area contributed by atoms with E-state index in [9.17, 15) is 5.11 Å². The average Bonchev–Trinajstić information content (AvgIpc) is 2.74. The highest BCUT2D eigenvalue weighted by Crippen LogP contribution is 2.44. The second kappa shape index (κ2) is 2.87. The fraction of sp³-hybridized carbons (Fsp3) is 0.800. The van der Waals surface area contributed by atoms with Crippen molar-refractivity contribution < 1.29 is 5.11 Å². The Bertz CT molecular complexity index is 199. The van der Waals surface area contributed by atoms with E-state index in [0.29, 0.717) is 5.92 Å². The van der Waals surface area contributed by atoms with Crippen molar-refractivity contribution >= 4 is 0 Å². The van der Waals surface area contributed by atoms with E-state index in [2.05, 4.69) is 11.8 Å². The summed E-state index contributed by atoms with van der Waals surface area (Å²) >= 11 is 0. The number of hydrogen-bond acceptors (Lipinski definition) is 1. The molecule has 1 fully saturated rings. The second-order valence-electron chi connectivity index (χ2n) is 3.67. The smallest absolute Gasteiger partial charge is 0.117 e. The lowest BCUT2D eigenvalue weighted by Crippen LogP contribution is -2.06. The van der Waals surface area contributed by atoms with Gasteiger partial charge in [-0.05, 0) is 24.7 Å². The molecule has 0 aliphatic heterocycles. The molecule has 1 N–H and O–H groups in total. The largest absolute Gasteiger partial charge is 0.380 e. The first-order valence-corrected chi connectivity index (χ1v) is 4.54. The van der Waals surface area contributed by atoms with Crippen molar-refractivity contribution in [3.63, 3.8) is 0 Å². The van der Waals surface area contributed by atoms with Gasteiger partial charge in [-0.3, -0.25) is 0 Å². The molecule has 11 heavy (non-hydrogen) atoms. The molecule has 0 bridgehead atoms. The SMILES string of the molecule is OC1C#CCCCCC2CC12. The maximum atomic E-state index is 9.48. The van der Waals surface area contributed by atoms with Crippen molar-refractivity contribution in [3.8, 4) is 11.8 Å². The third-order valence-electron chi connectivity index (χ3n) is 2.76. The van der Waals surface area contributed by atoms with E-state index in [-0.39, 0.29) is 6.10 Å². The third kappa shape index (κ3) is 1.57. The maximum Gasteiger partial charge on any atom is 0.117 e. The number of hydrogen-bond donors (Lipinski definition) is 1. The van der Waals surface area contributed by atoms with Gasteiger partial charge < -0.3 is 5.11 Å². The van der Waals surface area contributed by atoms with E-state index in [1.54, 1.807) is 0 Å². The first kappa shape index (κ1) is 7.18. The van der Waals surface area contributed by atoms with Gasteiger partial charge in [0.2, 0.25) is 0 Å². The van der Waals surface area contributed by atoms with Gasteiger partial charge >= 0.3 is 0 Å². The van der Waals surface area contributed by atoms with Crippen molar-refractivity contribution in [2.45, 2.75) is 38.2 Å². The van der Waals surface area contributed by atoms with Crippen molar-refractivity contribution in [3.05, 3.63) is 0 Å². The minimum atomic E-state index is -0.307. The molecule has 3 unspecified atom stereocenters. The molecule has 60 valence electrons. The average molecular weight is 150 g/mol. The number of rotatable bonds is 0. The van der Waals surface area contributed by atoms with Gasteiger partial charge in [0, 0.05) is 6.42 Å². The van der Waals surface area contributed by atoms with Gasteiger partial charge in [-0.15, -0.1) is 5.92 Å². The van der Waals surface area contributed by atoms with Crippen LogP contribution in [0.15, 0.2) is 0 Å². The lowest BCUT2D eigenvalue weighted by molar-refractivity contribution is 0.201. The first-order valence-electron chi connectivity index (χ1n) is 4.54. The molecule has 0 aromatic carbocycles. The van der Waals surface area contributed by atoms with Gasteiger partial charge in [0.15, 0.2) is 0 Å². The minimum absolute atomic E-state index is 0.307. The maximum absolute atomic E-state index is 9.48.